The summed E-state index contributed by atoms with van der Waals surface area (Å²) in [4.78, 5) is 19.4. The summed E-state index contributed by atoms with van der Waals surface area (Å²) in [5.41, 5.74) is 11.4. The van der Waals surface area contributed by atoms with Crippen molar-refractivity contribution >= 4 is 50.9 Å². The second kappa shape index (κ2) is 5.34. The number of anilines is 3. The molecule has 9 heteroatoms. The van der Waals surface area contributed by atoms with Crippen molar-refractivity contribution in [1.29, 1.82) is 0 Å². The number of aromatic nitrogens is 4. The van der Waals surface area contributed by atoms with Crippen LogP contribution in [0.3, 0.4) is 0 Å². The third kappa shape index (κ3) is 2.83. The third-order valence-electron chi connectivity index (χ3n) is 2.64. The first kappa shape index (κ1) is 13.8. The Bertz CT molecular complexity index is 794. The topological polar surface area (TPSA) is 116 Å². The number of nitrogens with zero attached hydrogens (tertiary/aromatic N) is 4. The number of nitrogen functional groups attached to an aromatic ring is 2. The lowest BCUT2D eigenvalue weighted by Crippen LogP contribution is -2.00. The van der Waals surface area contributed by atoms with Gasteiger partial charge in [0.2, 0.25) is 5.95 Å². The highest BCUT2D eigenvalue weighted by atomic mass is 32.2. The summed E-state index contributed by atoms with van der Waals surface area (Å²) in [5.74, 6) is 1.24. The molecule has 21 heavy (non-hydrogen) atoms. The number of aryl methyl sites for hydroxylation is 1. The van der Waals surface area contributed by atoms with Crippen LogP contribution in [-0.4, -0.2) is 27.0 Å². The molecular weight excluding hydrogens is 306 g/mol. The van der Waals surface area contributed by atoms with Crippen LogP contribution in [0.4, 0.5) is 17.6 Å². The van der Waals surface area contributed by atoms with Crippen LogP contribution in [0.2, 0.25) is 0 Å². The zero-order valence-electron chi connectivity index (χ0n) is 11.4. The summed E-state index contributed by atoms with van der Waals surface area (Å²) in [5, 5.41) is 5.18. The fraction of sp³-hybridized carbons (Fsp3) is 0.167. The minimum absolute atomic E-state index is 0.339. The van der Waals surface area contributed by atoms with Crippen LogP contribution in [0.5, 0.6) is 0 Å². The molecule has 3 heterocycles. The van der Waals surface area contributed by atoms with Crippen LogP contribution in [0.25, 0.3) is 10.2 Å². The van der Waals surface area contributed by atoms with E-state index in [1.54, 1.807) is 18.4 Å². The largest absolute Gasteiger partial charge is 0.383 e. The van der Waals surface area contributed by atoms with E-state index in [2.05, 4.69) is 31.3 Å². The second-order valence-corrected chi connectivity index (χ2v) is 6.47. The summed E-state index contributed by atoms with van der Waals surface area (Å²) in [7, 11) is 1.78. The number of fused-ring (bicyclic) bond motifs is 1. The minimum atomic E-state index is 0.339. The lowest BCUT2D eigenvalue weighted by Gasteiger charge is -2.05. The summed E-state index contributed by atoms with van der Waals surface area (Å²) in [6.45, 7) is 2.04. The maximum Gasteiger partial charge on any atom is 0.224 e. The van der Waals surface area contributed by atoms with Crippen molar-refractivity contribution < 1.29 is 0 Å². The van der Waals surface area contributed by atoms with Crippen molar-refractivity contribution in [1.82, 2.24) is 19.9 Å². The molecule has 0 aliphatic rings. The molecule has 0 radical (unpaired) electrons. The Morgan fingerprint density at radius 3 is 2.48 bits per heavy atom. The first-order valence-electron chi connectivity index (χ1n) is 6.09. The number of nitrogens with one attached hydrogen (secondary N) is 1. The van der Waals surface area contributed by atoms with Gasteiger partial charge in [0.1, 0.15) is 21.5 Å². The van der Waals surface area contributed by atoms with Crippen LogP contribution in [-0.2, 0) is 0 Å². The van der Waals surface area contributed by atoms with Gasteiger partial charge in [-0.05, 0) is 24.8 Å². The summed E-state index contributed by atoms with van der Waals surface area (Å²) >= 11 is 2.94. The third-order valence-corrected chi connectivity index (χ3v) is 4.45. The molecular formula is C12H13N7S2. The second-order valence-electron chi connectivity index (χ2n) is 4.28. The highest BCUT2D eigenvalue weighted by Gasteiger charge is 2.13. The standard InChI is InChI=1S/C12H13N7S2/c1-5-3-6-9(20-5)18-11(15-2)19-10(6)21-12-16-7(13)4-8(14)17-12/h3-4H,1-2H3,(H,15,18,19)(H4,13,14,16,17). The van der Waals surface area contributed by atoms with Gasteiger partial charge in [-0.3, -0.25) is 0 Å². The van der Waals surface area contributed by atoms with Crippen molar-refractivity contribution in [3.05, 3.63) is 17.0 Å². The Morgan fingerprint density at radius 1 is 1.10 bits per heavy atom. The Labute approximate surface area is 129 Å². The van der Waals surface area contributed by atoms with E-state index in [1.807, 2.05) is 6.92 Å². The number of hydrogen-bond acceptors (Lipinski definition) is 9. The van der Waals surface area contributed by atoms with Crippen LogP contribution in [0.1, 0.15) is 4.88 Å². The molecule has 0 saturated carbocycles. The van der Waals surface area contributed by atoms with Gasteiger partial charge in [-0.2, -0.15) is 0 Å². The van der Waals surface area contributed by atoms with Crippen molar-refractivity contribution in [2.45, 2.75) is 17.1 Å². The molecule has 3 aromatic rings. The average Bonchev–Trinajstić information content (AvgIpc) is 2.78. The molecule has 0 amide bonds. The molecule has 7 nitrogen and oxygen atoms in total. The van der Waals surface area contributed by atoms with E-state index in [1.165, 1.54) is 22.7 Å². The molecule has 0 fully saturated rings. The lowest BCUT2D eigenvalue weighted by molar-refractivity contribution is 0.978. The van der Waals surface area contributed by atoms with Crippen molar-refractivity contribution in [3.8, 4) is 0 Å². The van der Waals surface area contributed by atoms with Gasteiger partial charge in [-0.15, -0.1) is 11.3 Å². The average molecular weight is 319 g/mol. The van der Waals surface area contributed by atoms with Crippen LogP contribution >= 0.6 is 23.1 Å². The highest BCUT2D eigenvalue weighted by molar-refractivity contribution is 7.99. The normalized spacial score (nSPS) is 11.0. The maximum atomic E-state index is 5.70. The van der Waals surface area contributed by atoms with E-state index in [-0.39, 0.29) is 0 Å². The molecule has 108 valence electrons. The van der Waals surface area contributed by atoms with Crippen LogP contribution in [0, 0.1) is 6.92 Å². The number of nitrogens with two attached hydrogens (primary N) is 2. The van der Waals surface area contributed by atoms with E-state index >= 15 is 0 Å². The maximum absolute atomic E-state index is 5.70. The molecule has 3 rings (SSSR count). The molecule has 0 saturated heterocycles. The molecule has 0 atom stereocenters. The first-order valence-corrected chi connectivity index (χ1v) is 7.72. The van der Waals surface area contributed by atoms with E-state index in [9.17, 15) is 0 Å². The summed E-state index contributed by atoms with van der Waals surface area (Å²) < 4.78 is 0. The zero-order valence-corrected chi connectivity index (χ0v) is 13.0. The van der Waals surface area contributed by atoms with Crippen molar-refractivity contribution in [3.63, 3.8) is 0 Å². The summed E-state index contributed by atoms with van der Waals surface area (Å²) in [6, 6.07) is 3.57. The number of rotatable bonds is 3. The van der Waals surface area contributed by atoms with Gasteiger partial charge in [-0.25, -0.2) is 19.9 Å². The van der Waals surface area contributed by atoms with E-state index < -0.39 is 0 Å². The first-order chi connectivity index (χ1) is 10.0. The predicted molar refractivity (Wildman–Crippen MR) is 86.7 cm³/mol. The predicted octanol–water partition coefficient (Wildman–Crippen LogP) is 2.15. The Kier molecular flexibility index (Phi) is 3.52. The van der Waals surface area contributed by atoms with Gasteiger partial charge in [-0.1, -0.05) is 0 Å². The van der Waals surface area contributed by atoms with Gasteiger partial charge in [0.15, 0.2) is 5.16 Å². The van der Waals surface area contributed by atoms with Gasteiger partial charge in [0.25, 0.3) is 0 Å². The Balaban J connectivity index is 2.10. The fourth-order valence-electron chi connectivity index (χ4n) is 1.80. The van der Waals surface area contributed by atoms with Crippen LogP contribution < -0.4 is 16.8 Å². The summed E-state index contributed by atoms with van der Waals surface area (Å²) in [6.07, 6.45) is 0. The monoisotopic (exact) mass is 319 g/mol. The highest BCUT2D eigenvalue weighted by Crippen LogP contribution is 2.34. The molecule has 0 spiro atoms. The number of hydrogen-bond donors (Lipinski definition) is 3. The van der Waals surface area contributed by atoms with Gasteiger partial charge in [0.05, 0.1) is 0 Å². The molecule has 0 aromatic carbocycles. The van der Waals surface area contributed by atoms with Gasteiger partial charge < -0.3 is 16.8 Å². The minimum Gasteiger partial charge on any atom is -0.383 e. The quantitative estimate of drug-likeness (QED) is 0.497. The molecule has 0 bridgehead atoms. The lowest BCUT2D eigenvalue weighted by atomic mass is 10.4. The molecule has 5 N–H and O–H groups in total. The molecule has 0 unspecified atom stereocenters. The van der Waals surface area contributed by atoms with Crippen molar-refractivity contribution in [2.24, 2.45) is 0 Å². The number of thiophene rings is 1. The van der Waals surface area contributed by atoms with E-state index in [0.717, 1.165) is 15.2 Å². The van der Waals surface area contributed by atoms with E-state index in [0.29, 0.717) is 22.7 Å². The fourth-order valence-corrected chi connectivity index (χ4v) is 3.62. The van der Waals surface area contributed by atoms with Crippen LogP contribution in [0.15, 0.2) is 22.3 Å². The SMILES string of the molecule is CNc1nc(Sc2nc(N)cc(N)n2)c2cc(C)sc2n1. The van der Waals surface area contributed by atoms with E-state index in [4.69, 9.17) is 11.5 Å². The Hall–Kier alpha value is -2.13. The molecule has 0 aliphatic heterocycles. The Morgan fingerprint density at radius 2 is 1.81 bits per heavy atom. The van der Waals surface area contributed by atoms with Gasteiger partial charge in [0, 0.05) is 23.4 Å². The smallest absolute Gasteiger partial charge is 0.224 e. The van der Waals surface area contributed by atoms with Gasteiger partial charge >= 0.3 is 0 Å². The molecule has 0 aliphatic carbocycles. The zero-order chi connectivity index (χ0) is 15.0. The molecule has 3 aromatic heterocycles. The van der Waals surface area contributed by atoms with Crippen molar-refractivity contribution in [2.75, 3.05) is 23.8 Å².